The standard InChI is InChI=1S/C54H93NO5/c1-4-7-10-13-16-19-22-24-26-28-30-32-35-38-41-44-47-54(59)60-50(45-42-39-36-33-31-29-27-25-23-20-17-14-11-8-5-2)48-53(58)55-51(49-56)52(57)46-43-40-37-34-21-18-15-12-9-6-3/h7,10,16-17,19-20,24-27,30-33,50-52,56-57H,4-6,8-9,11-15,18,21-23,28-29,34-49H2,1-3H3,(H,55,58)/b10-7+,19-16+,20-17-,26-24+,27-25-,32-30+,33-31-. The molecule has 0 radical (unpaired) electrons. The van der Waals surface area contributed by atoms with Crippen molar-refractivity contribution in [3.8, 4) is 0 Å². The van der Waals surface area contributed by atoms with Crippen molar-refractivity contribution in [2.24, 2.45) is 0 Å². The Morgan fingerprint density at radius 3 is 1.40 bits per heavy atom. The molecule has 0 aromatic carbocycles. The molecule has 0 aromatic heterocycles. The van der Waals surface area contributed by atoms with Gasteiger partial charge in [-0.25, -0.2) is 0 Å². The number of unbranched alkanes of at least 4 members (excludes halogenated alkanes) is 17. The first-order valence-corrected chi connectivity index (χ1v) is 24.8. The summed E-state index contributed by atoms with van der Waals surface area (Å²) in [6, 6.07) is -0.724. The lowest BCUT2D eigenvalue weighted by Gasteiger charge is -2.24. The molecule has 3 unspecified atom stereocenters. The van der Waals surface area contributed by atoms with Crippen LogP contribution in [-0.4, -0.2) is 46.9 Å². The van der Waals surface area contributed by atoms with Crippen LogP contribution in [0, 0.1) is 0 Å². The van der Waals surface area contributed by atoms with Crippen molar-refractivity contribution in [1.29, 1.82) is 0 Å². The van der Waals surface area contributed by atoms with Crippen molar-refractivity contribution in [3.63, 3.8) is 0 Å². The summed E-state index contributed by atoms with van der Waals surface area (Å²) in [6.45, 7) is 6.30. The minimum absolute atomic E-state index is 0.0345. The van der Waals surface area contributed by atoms with Crippen LogP contribution >= 0.6 is 0 Å². The van der Waals surface area contributed by atoms with Gasteiger partial charge in [0.15, 0.2) is 0 Å². The van der Waals surface area contributed by atoms with Crippen molar-refractivity contribution in [2.75, 3.05) is 6.61 Å². The highest BCUT2D eigenvalue weighted by Gasteiger charge is 2.24. The van der Waals surface area contributed by atoms with Crippen LogP contribution in [0.2, 0.25) is 0 Å². The number of esters is 1. The topological polar surface area (TPSA) is 95.9 Å². The molecule has 0 fully saturated rings. The molecule has 0 saturated heterocycles. The Hall–Kier alpha value is -2.96. The number of carbonyl (C=O) groups is 2. The quantitative estimate of drug-likeness (QED) is 0.0323. The first-order valence-electron chi connectivity index (χ1n) is 24.8. The highest BCUT2D eigenvalue weighted by molar-refractivity contribution is 5.77. The van der Waals surface area contributed by atoms with E-state index in [9.17, 15) is 19.8 Å². The average Bonchev–Trinajstić information content (AvgIpc) is 3.24. The Morgan fingerprint density at radius 1 is 0.500 bits per heavy atom. The highest BCUT2D eigenvalue weighted by atomic mass is 16.5. The first kappa shape index (κ1) is 57.0. The van der Waals surface area contributed by atoms with Crippen LogP contribution in [0.15, 0.2) is 85.1 Å². The predicted octanol–water partition coefficient (Wildman–Crippen LogP) is 14.8. The molecule has 6 nitrogen and oxygen atoms in total. The molecule has 0 rings (SSSR count). The summed E-state index contributed by atoms with van der Waals surface area (Å²) >= 11 is 0. The second-order valence-electron chi connectivity index (χ2n) is 16.5. The summed E-state index contributed by atoms with van der Waals surface area (Å²) < 4.78 is 5.89. The molecule has 0 aliphatic rings. The smallest absolute Gasteiger partial charge is 0.306 e. The molecule has 0 aromatic rings. The van der Waals surface area contributed by atoms with Crippen LogP contribution in [0.4, 0.5) is 0 Å². The Bertz CT molecular complexity index is 1160. The molecular weight excluding hydrogens is 743 g/mol. The van der Waals surface area contributed by atoms with E-state index in [1.807, 2.05) is 0 Å². The number of carbonyl (C=O) groups excluding carboxylic acids is 2. The van der Waals surface area contributed by atoms with E-state index in [4.69, 9.17) is 4.74 Å². The molecule has 344 valence electrons. The number of aliphatic hydroxyl groups excluding tert-OH is 2. The van der Waals surface area contributed by atoms with Gasteiger partial charge in [0, 0.05) is 6.42 Å². The molecule has 1 amide bonds. The zero-order valence-corrected chi connectivity index (χ0v) is 39.1. The van der Waals surface area contributed by atoms with Gasteiger partial charge in [-0.3, -0.25) is 9.59 Å². The van der Waals surface area contributed by atoms with E-state index in [1.54, 1.807) is 0 Å². The predicted molar refractivity (Wildman–Crippen MR) is 259 cm³/mol. The van der Waals surface area contributed by atoms with Crippen LogP contribution < -0.4 is 5.32 Å². The molecule has 0 saturated carbocycles. The Labute approximate surface area is 370 Å². The summed E-state index contributed by atoms with van der Waals surface area (Å²) in [5.74, 6) is -0.555. The second-order valence-corrected chi connectivity index (χ2v) is 16.5. The Morgan fingerprint density at radius 2 is 0.900 bits per heavy atom. The van der Waals surface area contributed by atoms with Gasteiger partial charge in [0.25, 0.3) is 0 Å². The van der Waals surface area contributed by atoms with E-state index in [-0.39, 0.29) is 24.9 Å². The average molecular weight is 836 g/mol. The van der Waals surface area contributed by atoms with E-state index < -0.39 is 18.2 Å². The summed E-state index contributed by atoms with van der Waals surface area (Å²) in [5.41, 5.74) is 0. The maximum atomic E-state index is 13.2. The van der Waals surface area contributed by atoms with Gasteiger partial charge in [-0.2, -0.15) is 0 Å². The van der Waals surface area contributed by atoms with Crippen molar-refractivity contribution < 1.29 is 24.5 Å². The van der Waals surface area contributed by atoms with Crippen LogP contribution in [0.5, 0.6) is 0 Å². The van der Waals surface area contributed by atoms with E-state index >= 15 is 0 Å². The minimum Gasteiger partial charge on any atom is -0.462 e. The summed E-state index contributed by atoms with van der Waals surface area (Å²) in [4.78, 5) is 26.1. The normalized spacial score (nSPS) is 14.0. The van der Waals surface area contributed by atoms with Crippen LogP contribution in [-0.2, 0) is 14.3 Å². The number of ether oxygens (including phenoxy) is 1. The molecule has 3 atom stereocenters. The molecule has 60 heavy (non-hydrogen) atoms. The largest absolute Gasteiger partial charge is 0.462 e. The third-order valence-electron chi connectivity index (χ3n) is 10.7. The molecule has 0 heterocycles. The number of aliphatic hydroxyl groups is 2. The van der Waals surface area contributed by atoms with Crippen molar-refractivity contribution in [1.82, 2.24) is 5.32 Å². The number of allylic oxidation sites excluding steroid dienone is 14. The second kappa shape index (κ2) is 47.1. The number of hydrogen-bond donors (Lipinski definition) is 3. The summed E-state index contributed by atoms with van der Waals surface area (Å²) in [7, 11) is 0. The lowest BCUT2D eigenvalue weighted by Crippen LogP contribution is -2.46. The zero-order valence-electron chi connectivity index (χ0n) is 39.1. The summed E-state index contributed by atoms with van der Waals surface area (Å²) in [5, 5.41) is 23.7. The minimum atomic E-state index is -0.806. The third-order valence-corrected chi connectivity index (χ3v) is 10.7. The van der Waals surface area contributed by atoms with Gasteiger partial charge in [0.2, 0.25) is 5.91 Å². The monoisotopic (exact) mass is 836 g/mol. The lowest BCUT2D eigenvalue weighted by atomic mass is 10.0. The number of rotatable bonds is 43. The fourth-order valence-corrected chi connectivity index (χ4v) is 6.96. The number of amides is 1. The maximum Gasteiger partial charge on any atom is 0.306 e. The molecular formula is C54H93NO5. The van der Waals surface area contributed by atoms with E-state index in [1.165, 1.54) is 70.6 Å². The highest BCUT2D eigenvalue weighted by Crippen LogP contribution is 2.16. The fourth-order valence-electron chi connectivity index (χ4n) is 6.96. The summed E-state index contributed by atoms with van der Waals surface area (Å²) in [6.07, 6.45) is 60.7. The van der Waals surface area contributed by atoms with Gasteiger partial charge in [0.1, 0.15) is 6.10 Å². The molecule has 6 heteroatoms. The van der Waals surface area contributed by atoms with Crippen molar-refractivity contribution in [2.45, 2.75) is 238 Å². The zero-order chi connectivity index (χ0) is 43.8. The van der Waals surface area contributed by atoms with Crippen molar-refractivity contribution >= 4 is 11.9 Å². The van der Waals surface area contributed by atoms with E-state index in [0.717, 1.165) is 103 Å². The van der Waals surface area contributed by atoms with Gasteiger partial charge >= 0.3 is 5.97 Å². The van der Waals surface area contributed by atoms with Crippen LogP contribution in [0.3, 0.4) is 0 Å². The van der Waals surface area contributed by atoms with Crippen LogP contribution in [0.25, 0.3) is 0 Å². The van der Waals surface area contributed by atoms with Gasteiger partial charge in [0.05, 0.1) is 25.2 Å². The molecule has 3 N–H and O–H groups in total. The van der Waals surface area contributed by atoms with Crippen LogP contribution in [0.1, 0.15) is 220 Å². The first-order chi connectivity index (χ1) is 29.5. The Kier molecular flexibility index (Phi) is 44.8. The van der Waals surface area contributed by atoms with Gasteiger partial charge in [-0.1, -0.05) is 189 Å². The lowest BCUT2D eigenvalue weighted by molar-refractivity contribution is -0.151. The molecule has 0 spiro atoms. The molecule has 0 aliphatic heterocycles. The van der Waals surface area contributed by atoms with Gasteiger partial charge in [-0.05, 0) is 103 Å². The number of hydrogen-bond acceptors (Lipinski definition) is 5. The third kappa shape index (κ3) is 41.8. The molecule has 0 bridgehead atoms. The Balaban J connectivity index is 4.74. The van der Waals surface area contributed by atoms with Crippen molar-refractivity contribution in [3.05, 3.63) is 85.1 Å². The van der Waals surface area contributed by atoms with Gasteiger partial charge < -0.3 is 20.3 Å². The number of nitrogens with one attached hydrogen (secondary N) is 1. The molecule has 0 aliphatic carbocycles. The van der Waals surface area contributed by atoms with E-state index in [2.05, 4.69) is 111 Å². The van der Waals surface area contributed by atoms with Gasteiger partial charge in [-0.15, -0.1) is 0 Å². The maximum absolute atomic E-state index is 13.2. The SMILES string of the molecule is CC/C=C/C/C=C/C/C=C/C/C=C/CCCCCC(=O)OC(CCCC/C=C\C/C=C\C/C=C\CCCCC)CC(=O)NC(CO)C(O)CCCCCCCCCCCC. The fraction of sp³-hybridized carbons (Fsp3) is 0.704. The van der Waals surface area contributed by atoms with E-state index in [0.29, 0.717) is 19.3 Å².